The van der Waals surface area contributed by atoms with Crippen LogP contribution in [0.25, 0.3) is 0 Å². The average molecular weight is 438 g/mol. The molecule has 0 saturated carbocycles. The molecule has 0 fully saturated rings. The second-order valence-electron chi connectivity index (χ2n) is 5.15. The Kier molecular flexibility index (Phi) is 8.85. The Bertz CT molecular complexity index is 674. The van der Waals surface area contributed by atoms with E-state index in [-0.39, 0.29) is 29.9 Å². The van der Waals surface area contributed by atoms with Crippen molar-refractivity contribution in [1.29, 1.82) is 0 Å². The summed E-state index contributed by atoms with van der Waals surface area (Å²) in [5.74, 6) is 0.282. The number of halogens is 1. The Morgan fingerprint density at radius 1 is 1.12 bits per heavy atom. The van der Waals surface area contributed by atoms with Crippen LogP contribution in [-0.4, -0.2) is 18.4 Å². The summed E-state index contributed by atoms with van der Waals surface area (Å²) in [6.45, 7) is 3.11. The Morgan fingerprint density at radius 3 is 2.58 bits per heavy atom. The largest absolute Gasteiger partial charge is 0.370 e. The zero-order valence-corrected chi connectivity index (χ0v) is 16.0. The predicted octanol–water partition coefficient (Wildman–Crippen LogP) is 3.37. The lowest BCUT2D eigenvalue weighted by Gasteiger charge is -2.07. The molecule has 2 aromatic carbocycles. The van der Waals surface area contributed by atoms with Gasteiger partial charge in [0.2, 0.25) is 0 Å². The molecule has 2 aromatic rings. The van der Waals surface area contributed by atoms with Crippen LogP contribution in [0.15, 0.2) is 59.6 Å². The van der Waals surface area contributed by atoms with Crippen molar-refractivity contribution in [3.8, 4) is 0 Å². The molecule has 0 radical (unpaired) electrons. The Balaban J connectivity index is 0.00000288. The van der Waals surface area contributed by atoms with Crippen LogP contribution in [0.2, 0.25) is 0 Å². The molecule has 2 rings (SSSR count). The van der Waals surface area contributed by atoms with Gasteiger partial charge >= 0.3 is 0 Å². The molecule has 0 spiro atoms. The number of rotatable bonds is 6. The summed E-state index contributed by atoms with van der Waals surface area (Å²) in [4.78, 5) is 16.3. The molecule has 0 bridgehead atoms. The standard InChI is InChI=1S/C18H22N4O.HI/c1-2-11-20-17(23)15-8-6-7-14(12-15)13-21-18(19)22-16-9-4-3-5-10-16;/h3-10,12H,2,11,13H2,1H3,(H,20,23)(H3,19,21,22);1H. The van der Waals surface area contributed by atoms with Gasteiger partial charge in [-0.05, 0) is 36.2 Å². The molecule has 5 nitrogen and oxygen atoms in total. The number of carbonyl (C=O) groups excluding carboxylic acids is 1. The van der Waals surface area contributed by atoms with Crippen LogP contribution >= 0.6 is 24.0 Å². The Morgan fingerprint density at radius 2 is 1.88 bits per heavy atom. The molecule has 0 aliphatic rings. The van der Waals surface area contributed by atoms with Crippen molar-refractivity contribution in [2.45, 2.75) is 19.9 Å². The lowest BCUT2D eigenvalue weighted by Crippen LogP contribution is -2.24. The number of para-hydroxylation sites is 1. The molecule has 0 aromatic heterocycles. The highest BCUT2D eigenvalue weighted by Crippen LogP contribution is 2.08. The highest BCUT2D eigenvalue weighted by molar-refractivity contribution is 14.0. The number of amides is 1. The molecule has 6 heteroatoms. The third kappa shape index (κ3) is 6.57. The summed E-state index contributed by atoms with van der Waals surface area (Å²) in [6.07, 6.45) is 0.914. The summed E-state index contributed by atoms with van der Waals surface area (Å²) in [5.41, 5.74) is 8.34. The topological polar surface area (TPSA) is 79.5 Å². The van der Waals surface area contributed by atoms with Gasteiger partial charge in [-0.1, -0.05) is 37.3 Å². The highest BCUT2D eigenvalue weighted by Gasteiger charge is 2.05. The van der Waals surface area contributed by atoms with E-state index in [0.29, 0.717) is 24.6 Å². The van der Waals surface area contributed by atoms with E-state index in [0.717, 1.165) is 17.7 Å². The van der Waals surface area contributed by atoms with E-state index in [1.165, 1.54) is 0 Å². The van der Waals surface area contributed by atoms with E-state index in [4.69, 9.17) is 5.73 Å². The molecule has 24 heavy (non-hydrogen) atoms. The van der Waals surface area contributed by atoms with Gasteiger partial charge in [0.1, 0.15) is 0 Å². The van der Waals surface area contributed by atoms with Crippen LogP contribution in [-0.2, 0) is 6.54 Å². The maximum absolute atomic E-state index is 12.0. The summed E-state index contributed by atoms with van der Waals surface area (Å²) in [6, 6.07) is 17.0. The smallest absolute Gasteiger partial charge is 0.251 e. The zero-order valence-electron chi connectivity index (χ0n) is 13.7. The minimum atomic E-state index is -0.0620. The summed E-state index contributed by atoms with van der Waals surface area (Å²) in [5, 5.41) is 5.89. The monoisotopic (exact) mass is 438 g/mol. The molecule has 128 valence electrons. The number of anilines is 1. The van der Waals surface area contributed by atoms with Crippen LogP contribution in [0.4, 0.5) is 5.69 Å². The Labute approximate surface area is 159 Å². The van der Waals surface area contributed by atoms with Gasteiger partial charge in [-0.3, -0.25) is 4.79 Å². The average Bonchev–Trinajstić information content (AvgIpc) is 2.59. The van der Waals surface area contributed by atoms with E-state index in [1.807, 2.05) is 55.5 Å². The molecule has 1 amide bonds. The fourth-order valence-corrected chi connectivity index (χ4v) is 2.04. The first-order valence-electron chi connectivity index (χ1n) is 7.68. The summed E-state index contributed by atoms with van der Waals surface area (Å²) < 4.78 is 0. The number of nitrogens with one attached hydrogen (secondary N) is 2. The van der Waals surface area contributed by atoms with Crippen LogP contribution in [0.3, 0.4) is 0 Å². The van der Waals surface area contributed by atoms with Gasteiger partial charge in [-0.2, -0.15) is 0 Å². The second kappa shape index (κ2) is 10.6. The number of aliphatic imine (C=N–C) groups is 1. The quantitative estimate of drug-likeness (QED) is 0.368. The fraction of sp³-hybridized carbons (Fsp3) is 0.222. The minimum absolute atomic E-state index is 0. The first-order chi connectivity index (χ1) is 11.2. The lowest BCUT2D eigenvalue weighted by molar-refractivity contribution is 0.0953. The molecular formula is C18H23IN4O. The Hall–Kier alpha value is -2.09. The van der Waals surface area contributed by atoms with Gasteiger partial charge in [0, 0.05) is 17.8 Å². The summed E-state index contributed by atoms with van der Waals surface area (Å²) in [7, 11) is 0. The number of hydrogen-bond acceptors (Lipinski definition) is 2. The van der Waals surface area contributed by atoms with Gasteiger partial charge in [0.05, 0.1) is 6.54 Å². The maximum Gasteiger partial charge on any atom is 0.251 e. The van der Waals surface area contributed by atoms with Crippen LogP contribution < -0.4 is 16.4 Å². The molecule has 0 aliphatic carbocycles. The van der Waals surface area contributed by atoms with Gasteiger partial charge in [-0.25, -0.2) is 4.99 Å². The van der Waals surface area contributed by atoms with Crippen LogP contribution in [0, 0.1) is 0 Å². The third-order valence-electron chi connectivity index (χ3n) is 3.20. The van der Waals surface area contributed by atoms with E-state index in [2.05, 4.69) is 15.6 Å². The van der Waals surface area contributed by atoms with Gasteiger partial charge in [-0.15, -0.1) is 24.0 Å². The predicted molar refractivity (Wildman–Crippen MR) is 110 cm³/mol. The van der Waals surface area contributed by atoms with Crippen molar-refractivity contribution in [3.05, 3.63) is 65.7 Å². The molecule has 0 unspecified atom stereocenters. The lowest BCUT2D eigenvalue weighted by atomic mass is 10.1. The molecule has 0 saturated heterocycles. The van der Waals surface area contributed by atoms with E-state index >= 15 is 0 Å². The fourth-order valence-electron chi connectivity index (χ4n) is 2.04. The zero-order chi connectivity index (χ0) is 16.5. The first-order valence-corrected chi connectivity index (χ1v) is 7.68. The van der Waals surface area contributed by atoms with Gasteiger partial charge < -0.3 is 16.4 Å². The molecule has 0 aliphatic heterocycles. The number of guanidine groups is 1. The SMILES string of the molecule is CCCNC(=O)c1cccc(CN=C(N)Nc2ccccc2)c1.I. The maximum atomic E-state index is 12.0. The van der Waals surface area contributed by atoms with Gasteiger partial charge in [0.25, 0.3) is 5.91 Å². The van der Waals surface area contributed by atoms with Crippen molar-refractivity contribution in [2.75, 3.05) is 11.9 Å². The number of hydrogen-bond donors (Lipinski definition) is 3. The third-order valence-corrected chi connectivity index (χ3v) is 3.20. The molecular weight excluding hydrogens is 415 g/mol. The van der Waals surface area contributed by atoms with E-state index in [9.17, 15) is 4.79 Å². The van der Waals surface area contributed by atoms with Crippen molar-refractivity contribution >= 4 is 41.5 Å². The van der Waals surface area contributed by atoms with Crippen molar-refractivity contribution in [3.63, 3.8) is 0 Å². The van der Waals surface area contributed by atoms with E-state index < -0.39 is 0 Å². The van der Waals surface area contributed by atoms with Crippen molar-refractivity contribution in [1.82, 2.24) is 5.32 Å². The normalized spacial score (nSPS) is 10.6. The van der Waals surface area contributed by atoms with Crippen LogP contribution in [0.5, 0.6) is 0 Å². The summed E-state index contributed by atoms with van der Waals surface area (Å²) >= 11 is 0. The minimum Gasteiger partial charge on any atom is -0.370 e. The van der Waals surface area contributed by atoms with Crippen molar-refractivity contribution in [2.24, 2.45) is 10.7 Å². The first kappa shape index (κ1) is 20.0. The molecule has 0 heterocycles. The number of nitrogens with two attached hydrogens (primary N) is 1. The molecule has 4 N–H and O–H groups in total. The number of nitrogens with zero attached hydrogens (tertiary/aromatic N) is 1. The van der Waals surface area contributed by atoms with E-state index in [1.54, 1.807) is 6.07 Å². The second-order valence-corrected chi connectivity index (χ2v) is 5.15. The highest BCUT2D eigenvalue weighted by atomic mass is 127. The van der Waals surface area contributed by atoms with Crippen molar-refractivity contribution < 1.29 is 4.79 Å². The number of carbonyl (C=O) groups is 1. The van der Waals surface area contributed by atoms with Gasteiger partial charge in [0.15, 0.2) is 5.96 Å². The van der Waals surface area contributed by atoms with Crippen LogP contribution in [0.1, 0.15) is 29.3 Å². The molecule has 0 atom stereocenters. The number of benzene rings is 2.